The SMILES string of the molecule is FOC(F)(F)c1ccc(N2CCNCC2)cc1. The van der Waals surface area contributed by atoms with Crippen LogP contribution in [0.1, 0.15) is 5.56 Å². The Balaban J connectivity index is 2.12. The summed E-state index contributed by atoms with van der Waals surface area (Å²) in [6.45, 7) is 3.39. The van der Waals surface area contributed by atoms with Crippen molar-refractivity contribution in [2.75, 3.05) is 31.1 Å². The van der Waals surface area contributed by atoms with Gasteiger partial charge in [-0.3, -0.25) is 0 Å². The van der Waals surface area contributed by atoms with Crippen LogP contribution in [0.5, 0.6) is 0 Å². The first kappa shape index (κ1) is 12.2. The fourth-order valence-electron chi connectivity index (χ4n) is 1.83. The number of rotatable bonds is 3. The highest BCUT2D eigenvalue weighted by Gasteiger charge is 2.34. The van der Waals surface area contributed by atoms with E-state index in [2.05, 4.69) is 15.2 Å². The molecule has 3 nitrogen and oxygen atoms in total. The molecule has 0 bridgehead atoms. The number of alkyl halides is 2. The summed E-state index contributed by atoms with van der Waals surface area (Å²) in [6, 6.07) is 5.45. The number of hydrogen-bond donors (Lipinski definition) is 1. The lowest BCUT2D eigenvalue weighted by atomic mass is 10.1. The van der Waals surface area contributed by atoms with Crippen molar-refractivity contribution < 1.29 is 18.2 Å². The van der Waals surface area contributed by atoms with E-state index in [0.29, 0.717) is 0 Å². The Morgan fingerprint density at radius 1 is 1.12 bits per heavy atom. The highest BCUT2D eigenvalue weighted by atomic mass is 19.4. The zero-order valence-corrected chi connectivity index (χ0v) is 9.13. The molecule has 0 saturated carbocycles. The lowest BCUT2D eigenvalue weighted by molar-refractivity contribution is -0.364. The highest BCUT2D eigenvalue weighted by molar-refractivity contribution is 5.48. The van der Waals surface area contributed by atoms with Gasteiger partial charge in [-0.2, -0.15) is 8.78 Å². The monoisotopic (exact) mass is 246 g/mol. The third-order valence-electron chi connectivity index (χ3n) is 2.78. The second-order valence-electron chi connectivity index (χ2n) is 3.88. The number of piperazine rings is 1. The molecule has 2 rings (SSSR count). The van der Waals surface area contributed by atoms with E-state index < -0.39 is 11.7 Å². The van der Waals surface area contributed by atoms with Crippen LogP contribution in [0.4, 0.5) is 19.0 Å². The first-order valence-electron chi connectivity index (χ1n) is 5.37. The summed E-state index contributed by atoms with van der Waals surface area (Å²) in [5.74, 6) is 0. The molecule has 1 N–H and O–H groups in total. The van der Waals surface area contributed by atoms with Gasteiger partial charge in [0.1, 0.15) is 0 Å². The number of anilines is 1. The number of halogens is 3. The molecule has 17 heavy (non-hydrogen) atoms. The summed E-state index contributed by atoms with van der Waals surface area (Å²) in [7, 11) is 0. The van der Waals surface area contributed by atoms with Gasteiger partial charge >= 0.3 is 6.11 Å². The molecule has 94 valence electrons. The Hall–Kier alpha value is -1.27. The number of nitrogens with one attached hydrogen (secondary N) is 1. The molecule has 1 aromatic carbocycles. The van der Waals surface area contributed by atoms with Gasteiger partial charge in [0.05, 0.1) is 5.56 Å². The van der Waals surface area contributed by atoms with Gasteiger partial charge in [-0.25, -0.2) is 0 Å². The van der Waals surface area contributed by atoms with Crippen LogP contribution in [0.2, 0.25) is 0 Å². The van der Waals surface area contributed by atoms with E-state index in [1.165, 1.54) is 12.1 Å². The molecule has 0 aliphatic carbocycles. The molecule has 0 atom stereocenters. The minimum atomic E-state index is -3.87. The van der Waals surface area contributed by atoms with Crippen LogP contribution >= 0.6 is 0 Å². The van der Waals surface area contributed by atoms with Crippen molar-refractivity contribution in [2.24, 2.45) is 0 Å². The van der Waals surface area contributed by atoms with Crippen molar-refractivity contribution in [1.82, 2.24) is 5.32 Å². The molecule has 0 amide bonds. The Kier molecular flexibility index (Phi) is 3.54. The van der Waals surface area contributed by atoms with Crippen molar-refractivity contribution >= 4 is 5.69 Å². The van der Waals surface area contributed by atoms with Gasteiger partial charge in [-0.05, 0) is 28.8 Å². The molecule has 1 heterocycles. The minimum absolute atomic E-state index is 0.487. The van der Waals surface area contributed by atoms with Crippen molar-refractivity contribution in [1.29, 1.82) is 0 Å². The highest BCUT2D eigenvalue weighted by Crippen LogP contribution is 2.30. The topological polar surface area (TPSA) is 24.5 Å². The van der Waals surface area contributed by atoms with Crippen LogP contribution in [0, 0.1) is 0 Å². The van der Waals surface area contributed by atoms with Crippen molar-refractivity contribution in [2.45, 2.75) is 6.11 Å². The maximum atomic E-state index is 12.8. The summed E-state index contributed by atoms with van der Waals surface area (Å²) in [5, 5.41) is 3.20. The van der Waals surface area contributed by atoms with Crippen LogP contribution in [0.15, 0.2) is 24.3 Å². The largest absolute Gasteiger partial charge is 0.413 e. The van der Waals surface area contributed by atoms with Crippen LogP contribution in [0.3, 0.4) is 0 Å². The summed E-state index contributed by atoms with van der Waals surface area (Å²) >= 11 is 0. The van der Waals surface area contributed by atoms with Gasteiger partial charge in [-0.1, -0.05) is 0 Å². The maximum absolute atomic E-state index is 12.8. The normalized spacial score (nSPS) is 17.2. The molecule has 1 aliphatic heterocycles. The smallest absolute Gasteiger partial charge is 0.369 e. The molecule has 1 saturated heterocycles. The standard InChI is InChI=1S/C11H13F3N2O/c12-11(13,17-14)9-1-3-10(4-2-9)16-7-5-15-6-8-16/h1-4,15H,5-8H2. The summed E-state index contributed by atoms with van der Waals surface area (Å²) in [4.78, 5) is 4.73. The Labute approximate surface area is 97.1 Å². The number of hydrogen-bond acceptors (Lipinski definition) is 3. The molecule has 1 fully saturated rings. The van der Waals surface area contributed by atoms with Gasteiger partial charge in [0.2, 0.25) is 0 Å². The molecule has 1 aromatic rings. The molecule has 0 radical (unpaired) electrons. The van der Waals surface area contributed by atoms with Gasteiger partial charge in [0.25, 0.3) is 0 Å². The van der Waals surface area contributed by atoms with Crippen molar-refractivity contribution in [3.05, 3.63) is 29.8 Å². The van der Waals surface area contributed by atoms with Gasteiger partial charge in [-0.15, -0.1) is 4.94 Å². The van der Waals surface area contributed by atoms with Crippen LogP contribution in [-0.4, -0.2) is 26.2 Å². The van der Waals surface area contributed by atoms with E-state index in [0.717, 1.165) is 31.9 Å². The second kappa shape index (κ2) is 4.93. The molecular weight excluding hydrogens is 233 g/mol. The third kappa shape index (κ3) is 2.70. The lowest BCUT2D eigenvalue weighted by Crippen LogP contribution is -2.43. The molecule has 6 heteroatoms. The second-order valence-corrected chi connectivity index (χ2v) is 3.88. The number of nitrogens with zero attached hydrogens (tertiary/aromatic N) is 1. The van der Waals surface area contributed by atoms with E-state index in [4.69, 9.17) is 0 Å². The summed E-state index contributed by atoms with van der Waals surface area (Å²) < 4.78 is 37.3. The third-order valence-corrected chi connectivity index (χ3v) is 2.78. The minimum Gasteiger partial charge on any atom is -0.369 e. The zero-order chi connectivity index (χ0) is 12.3. The van der Waals surface area contributed by atoms with Gasteiger partial charge < -0.3 is 10.2 Å². The Morgan fingerprint density at radius 3 is 2.24 bits per heavy atom. The molecule has 0 unspecified atom stereocenters. The average molecular weight is 246 g/mol. The average Bonchev–Trinajstić information content (AvgIpc) is 2.40. The predicted molar refractivity (Wildman–Crippen MR) is 57.6 cm³/mol. The first-order chi connectivity index (χ1) is 8.13. The molecule has 1 aliphatic rings. The fraction of sp³-hybridized carbons (Fsp3) is 0.455. The van der Waals surface area contributed by atoms with E-state index in [1.807, 2.05) is 0 Å². The van der Waals surface area contributed by atoms with E-state index in [9.17, 15) is 13.3 Å². The van der Waals surface area contributed by atoms with Gasteiger partial charge in [0, 0.05) is 31.9 Å². The first-order valence-corrected chi connectivity index (χ1v) is 5.37. The zero-order valence-electron chi connectivity index (χ0n) is 9.13. The quantitative estimate of drug-likeness (QED) is 0.883. The van der Waals surface area contributed by atoms with Crippen LogP contribution < -0.4 is 10.2 Å². The van der Waals surface area contributed by atoms with Crippen molar-refractivity contribution in [3.8, 4) is 0 Å². The predicted octanol–water partition coefficient (Wildman–Crippen LogP) is 2.05. The Bertz CT molecular complexity index is 363. The lowest BCUT2D eigenvalue weighted by Gasteiger charge is -2.29. The summed E-state index contributed by atoms with van der Waals surface area (Å²) in [6.07, 6.45) is -3.87. The fourth-order valence-corrected chi connectivity index (χ4v) is 1.83. The van der Waals surface area contributed by atoms with E-state index in [1.54, 1.807) is 12.1 Å². The Morgan fingerprint density at radius 2 is 1.71 bits per heavy atom. The van der Waals surface area contributed by atoms with Crippen LogP contribution in [-0.2, 0) is 11.1 Å². The molecule has 0 spiro atoms. The molecular formula is C11H13F3N2O. The van der Waals surface area contributed by atoms with E-state index >= 15 is 0 Å². The van der Waals surface area contributed by atoms with Crippen LogP contribution in [0.25, 0.3) is 0 Å². The van der Waals surface area contributed by atoms with E-state index in [-0.39, 0.29) is 0 Å². The summed E-state index contributed by atoms with van der Waals surface area (Å²) in [5.41, 5.74) is 0.365. The maximum Gasteiger partial charge on any atom is 0.413 e. The molecule has 0 aromatic heterocycles. The number of benzene rings is 1. The van der Waals surface area contributed by atoms with Crippen molar-refractivity contribution in [3.63, 3.8) is 0 Å². The van der Waals surface area contributed by atoms with Gasteiger partial charge in [0.15, 0.2) is 0 Å².